The van der Waals surface area contributed by atoms with Gasteiger partial charge in [0, 0.05) is 0 Å². The van der Waals surface area contributed by atoms with E-state index in [-0.39, 0.29) is 36.2 Å². The lowest BCUT2D eigenvalue weighted by molar-refractivity contribution is -0.115. The summed E-state index contributed by atoms with van der Waals surface area (Å²) < 4.78 is 25.9. The molecule has 9 heteroatoms. The number of aromatic nitrogens is 3. The van der Waals surface area contributed by atoms with E-state index in [2.05, 4.69) is 32.8 Å². The fraction of sp³-hybridized carbons (Fsp3) is 0.222. The lowest BCUT2D eigenvalue weighted by Gasteiger charge is -2.31. The van der Waals surface area contributed by atoms with Crippen LogP contribution in [0.5, 0.6) is 11.5 Å². The van der Waals surface area contributed by atoms with Gasteiger partial charge in [0.2, 0.25) is 11.9 Å². The molecule has 2 heterocycles. The standard InChI is InChI=1S/C27H26FN5O3/c1-35-23-13-8-17(14-24(23)36-2)15-25(34)30-26-31-27-29-21(18-6-4-3-5-7-18)16-22(33(27)32-26)19-9-11-20(28)12-10-19/h3-14,21-22H,15-16H2,1-2H3,(H2,29,30,31,32,34)/t21-,22+/m1/s1. The largest absolute Gasteiger partial charge is 0.493 e. The maximum atomic E-state index is 13.6. The first-order valence-electron chi connectivity index (χ1n) is 11.6. The summed E-state index contributed by atoms with van der Waals surface area (Å²) in [7, 11) is 3.11. The predicted molar refractivity (Wildman–Crippen MR) is 134 cm³/mol. The summed E-state index contributed by atoms with van der Waals surface area (Å²) >= 11 is 0. The smallest absolute Gasteiger partial charge is 0.250 e. The van der Waals surface area contributed by atoms with Gasteiger partial charge in [-0.1, -0.05) is 48.5 Å². The third-order valence-electron chi connectivity index (χ3n) is 6.21. The van der Waals surface area contributed by atoms with Gasteiger partial charge in [-0.05, 0) is 47.4 Å². The number of methoxy groups -OCH3 is 2. The number of carbonyl (C=O) groups is 1. The second-order valence-corrected chi connectivity index (χ2v) is 8.53. The van der Waals surface area contributed by atoms with Crippen LogP contribution in [0, 0.1) is 5.82 Å². The number of benzene rings is 3. The van der Waals surface area contributed by atoms with Crippen LogP contribution in [-0.4, -0.2) is 34.9 Å². The van der Waals surface area contributed by atoms with Gasteiger partial charge < -0.3 is 14.8 Å². The van der Waals surface area contributed by atoms with Gasteiger partial charge in [-0.2, -0.15) is 4.98 Å². The summed E-state index contributed by atoms with van der Waals surface area (Å²) in [6.07, 6.45) is 0.802. The number of nitrogens with zero attached hydrogens (tertiary/aromatic N) is 3. The molecule has 0 saturated carbocycles. The quantitative estimate of drug-likeness (QED) is 0.391. The van der Waals surface area contributed by atoms with Gasteiger partial charge in [0.15, 0.2) is 11.5 Å². The molecule has 4 aromatic rings. The van der Waals surface area contributed by atoms with Crippen molar-refractivity contribution in [2.75, 3.05) is 24.9 Å². The van der Waals surface area contributed by atoms with Crippen LogP contribution in [0.15, 0.2) is 72.8 Å². The van der Waals surface area contributed by atoms with Crippen LogP contribution < -0.4 is 20.1 Å². The molecular weight excluding hydrogens is 461 g/mol. The van der Waals surface area contributed by atoms with Crippen LogP contribution in [0.1, 0.15) is 35.2 Å². The van der Waals surface area contributed by atoms with Crippen molar-refractivity contribution in [2.24, 2.45) is 0 Å². The highest BCUT2D eigenvalue weighted by molar-refractivity contribution is 5.90. The summed E-state index contributed by atoms with van der Waals surface area (Å²) in [6.45, 7) is 0. The Kier molecular flexibility index (Phi) is 6.53. The first-order valence-corrected chi connectivity index (χ1v) is 11.6. The zero-order valence-corrected chi connectivity index (χ0v) is 19.9. The Labute approximate surface area is 208 Å². The van der Waals surface area contributed by atoms with Gasteiger partial charge in [-0.3, -0.25) is 10.1 Å². The van der Waals surface area contributed by atoms with Crippen LogP contribution in [-0.2, 0) is 11.2 Å². The number of ether oxygens (including phenoxy) is 2. The Morgan fingerprint density at radius 2 is 1.78 bits per heavy atom. The maximum absolute atomic E-state index is 13.6. The van der Waals surface area contributed by atoms with E-state index in [0.717, 1.165) is 16.7 Å². The minimum atomic E-state index is -0.297. The number of rotatable bonds is 7. The topological polar surface area (TPSA) is 90.3 Å². The Hall–Kier alpha value is -4.40. The van der Waals surface area contributed by atoms with Crippen molar-refractivity contribution in [3.05, 3.63) is 95.3 Å². The van der Waals surface area contributed by atoms with E-state index in [0.29, 0.717) is 23.9 Å². The lowest BCUT2D eigenvalue weighted by atomic mass is 9.93. The fourth-order valence-electron chi connectivity index (χ4n) is 4.44. The summed E-state index contributed by atoms with van der Waals surface area (Å²) in [5.41, 5.74) is 2.78. The van der Waals surface area contributed by atoms with Crippen LogP contribution in [0.4, 0.5) is 16.3 Å². The highest BCUT2D eigenvalue weighted by Gasteiger charge is 2.31. The zero-order chi connectivity index (χ0) is 25.1. The fourth-order valence-corrected chi connectivity index (χ4v) is 4.44. The van der Waals surface area contributed by atoms with E-state index in [1.54, 1.807) is 43.2 Å². The van der Waals surface area contributed by atoms with Gasteiger partial charge in [0.05, 0.1) is 32.7 Å². The number of nitrogens with one attached hydrogen (secondary N) is 2. The van der Waals surface area contributed by atoms with E-state index in [1.165, 1.54) is 12.1 Å². The molecule has 1 amide bonds. The molecular formula is C27H26FN5O3. The monoisotopic (exact) mass is 487 g/mol. The summed E-state index contributed by atoms with van der Waals surface area (Å²) in [6, 6.07) is 21.6. The number of carbonyl (C=O) groups excluding carboxylic acids is 1. The van der Waals surface area contributed by atoms with Crippen LogP contribution in [0.3, 0.4) is 0 Å². The number of halogens is 1. The Morgan fingerprint density at radius 1 is 1.03 bits per heavy atom. The van der Waals surface area contributed by atoms with E-state index < -0.39 is 0 Å². The minimum Gasteiger partial charge on any atom is -0.493 e. The molecule has 5 rings (SSSR count). The molecule has 8 nitrogen and oxygen atoms in total. The average Bonchev–Trinajstić information content (AvgIpc) is 3.31. The first kappa shape index (κ1) is 23.3. The van der Waals surface area contributed by atoms with Crippen LogP contribution >= 0.6 is 0 Å². The molecule has 0 saturated heterocycles. The summed E-state index contributed by atoms with van der Waals surface area (Å²) in [5, 5.41) is 10.8. The normalized spacial score (nSPS) is 16.5. The molecule has 1 aromatic heterocycles. The zero-order valence-electron chi connectivity index (χ0n) is 19.9. The number of hydrogen-bond donors (Lipinski definition) is 2. The van der Waals surface area contributed by atoms with Crippen molar-refractivity contribution in [3.63, 3.8) is 0 Å². The van der Waals surface area contributed by atoms with Crippen LogP contribution in [0.25, 0.3) is 0 Å². The van der Waals surface area contributed by atoms with E-state index >= 15 is 0 Å². The Morgan fingerprint density at radius 3 is 2.50 bits per heavy atom. The summed E-state index contributed by atoms with van der Waals surface area (Å²) in [5.74, 6) is 1.32. The van der Waals surface area contributed by atoms with Gasteiger partial charge >= 0.3 is 0 Å². The Bertz CT molecular complexity index is 1360. The third kappa shape index (κ3) is 4.86. The van der Waals surface area contributed by atoms with Crippen LogP contribution in [0.2, 0.25) is 0 Å². The molecule has 0 aliphatic carbocycles. The molecule has 1 aliphatic heterocycles. The molecule has 0 fully saturated rings. The number of fused-ring (bicyclic) bond motifs is 1. The van der Waals surface area contributed by atoms with Gasteiger partial charge in [0.1, 0.15) is 5.82 Å². The Balaban J connectivity index is 1.39. The van der Waals surface area contributed by atoms with Crippen molar-refractivity contribution in [1.82, 2.24) is 14.8 Å². The minimum absolute atomic E-state index is 0.0201. The lowest BCUT2D eigenvalue weighted by Crippen LogP contribution is -2.28. The molecule has 36 heavy (non-hydrogen) atoms. The predicted octanol–water partition coefficient (Wildman–Crippen LogP) is 4.76. The molecule has 0 radical (unpaired) electrons. The number of hydrogen-bond acceptors (Lipinski definition) is 6. The van der Waals surface area contributed by atoms with Crippen molar-refractivity contribution in [2.45, 2.75) is 24.9 Å². The molecule has 0 bridgehead atoms. The van der Waals surface area contributed by atoms with E-state index in [4.69, 9.17) is 9.47 Å². The molecule has 184 valence electrons. The molecule has 1 aliphatic rings. The molecule has 0 unspecified atom stereocenters. The van der Waals surface area contributed by atoms with E-state index in [9.17, 15) is 9.18 Å². The highest BCUT2D eigenvalue weighted by Crippen LogP contribution is 2.38. The second-order valence-electron chi connectivity index (χ2n) is 8.53. The maximum Gasteiger partial charge on any atom is 0.250 e. The van der Waals surface area contributed by atoms with Crippen molar-refractivity contribution in [1.29, 1.82) is 0 Å². The number of anilines is 2. The molecule has 3 aromatic carbocycles. The first-order chi connectivity index (χ1) is 17.5. The molecule has 0 spiro atoms. The summed E-state index contributed by atoms with van der Waals surface area (Å²) in [4.78, 5) is 17.3. The van der Waals surface area contributed by atoms with E-state index in [1.807, 2.05) is 24.3 Å². The van der Waals surface area contributed by atoms with Gasteiger partial charge in [-0.15, -0.1) is 5.10 Å². The number of amides is 1. The second kappa shape index (κ2) is 10.1. The third-order valence-corrected chi connectivity index (χ3v) is 6.21. The van der Waals surface area contributed by atoms with Crippen molar-refractivity contribution < 1.29 is 18.7 Å². The highest BCUT2D eigenvalue weighted by atomic mass is 19.1. The molecule has 2 N–H and O–H groups in total. The van der Waals surface area contributed by atoms with Crippen molar-refractivity contribution in [3.8, 4) is 11.5 Å². The van der Waals surface area contributed by atoms with Crippen molar-refractivity contribution >= 4 is 17.8 Å². The van der Waals surface area contributed by atoms with Gasteiger partial charge in [0.25, 0.3) is 5.95 Å². The average molecular weight is 488 g/mol. The molecule has 2 atom stereocenters. The SMILES string of the molecule is COc1ccc(CC(=O)Nc2nc3n(n2)[C@H](c2ccc(F)cc2)C[C@H](c2ccccc2)N3)cc1OC. The van der Waals surface area contributed by atoms with Gasteiger partial charge in [-0.25, -0.2) is 9.07 Å².